The van der Waals surface area contributed by atoms with Crippen LogP contribution in [0.4, 0.5) is 5.82 Å². The van der Waals surface area contributed by atoms with E-state index in [2.05, 4.69) is 23.6 Å². The normalized spacial score (nSPS) is 27.0. The summed E-state index contributed by atoms with van der Waals surface area (Å²) in [6.07, 6.45) is -1.91. The highest BCUT2D eigenvalue weighted by Gasteiger charge is 2.54. The summed E-state index contributed by atoms with van der Waals surface area (Å²) in [5.74, 6) is 0.143. The highest BCUT2D eigenvalue weighted by molar-refractivity contribution is 7.68. The van der Waals surface area contributed by atoms with Crippen molar-refractivity contribution in [3.8, 4) is 0 Å². The number of hydrogen-bond donors (Lipinski definition) is 4. The number of rotatable bonds is 12. The van der Waals surface area contributed by atoms with Crippen LogP contribution < -0.4 is 5.73 Å². The van der Waals surface area contributed by atoms with Crippen LogP contribution in [-0.2, 0) is 53.6 Å². The summed E-state index contributed by atoms with van der Waals surface area (Å²) in [5.41, 5.74) is 7.83. The topological polar surface area (TPSA) is 237 Å². The number of fused-ring (bicyclic) bond motifs is 2. The molecule has 0 spiro atoms. The second-order valence-corrected chi connectivity index (χ2v) is 15.2. The molecule has 4 aromatic rings. The molecular weight excluding hydrogens is 655 g/mol. The maximum Gasteiger partial charge on any atom is 0.488 e. The number of benzene rings is 2. The number of nitrogen functional groups attached to an aromatic ring is 1. The van der Waals surface area contributed by atoms with Gasteiger partial charge in [0.1, 0.15) is 30.2 Å². The van der Waals surface area contributed by atoms with E-state index in [1.54, 1.807) is 22.8 Å². The van der Waals surface area contributed by atoms with Crippen LogP contribution in [0.25, 0.3) is 11.2 Å². The van der Waals surface area contributed by atoms with Gasteiger partial charge in [0.2, 0.25) is 0 Å². The van der Waals surface area contributed by atoms with Crippen molar-refractivity contribution in [1.82, 2.24) is 19.5 Å². The Kier molecular flexibility index (Phi) is 9.07. The molecule has 0 bridgehead atoms. The molecule has 2 aromatic carbocycles. The Morgan fingerprint density at radius 1 is 0.822 bits per heavy atom. The first-order valence-corrected chi connectivity index (χ1v) is 18.2. The van der Waals surface area contributed by atoms with Crippen molar-refractivity contribution >= 4 is 40.2 Å². The molecule has 6 rings (SSSR count). The maximum absolute atomic E-state index is 12.7. The third-order valence-electron chi connectivity index (χ3n) is 6.87. The number of nitrogens with zero attached hydrogens (tertiary/aromatic N) is 4. The van der Waals surface area contributed by atoms with Gasteiger partial charge in [0.05, 0.1) is 19.1 Å². The Hall–Kier alpha value is -2.88. The lowest BCUT2D eigenvalue weighted by Gasteiger charge is -2.22. The molecule has 2 fully saturated rings. The van der Waals surface area contributed by atoms with Gasteiger partial charge in [0.25, 0.3) is 0 Å². The van der Waals surface area contributed by atoms with E-state index in [0.29, 0.717) is 23.1 Å². The third kappa shape index (κ3) is 7.58. The monoisotopic (exact) mass is 683 g/mol. The van der Waals surface area contributed by atoms with Crippen molar-refractivity contribution in [3.05, 3.63) is 84.4 Å². The Morgan fingerprint density at radius 2 is 1.49 bits per heavy atom. The Balaban J connectivity index is 1.16. The summed E-state index contributed by atoms with van der Waals surface area (Å²) in [5, 5.41) is 0. The van der Waals surface area contributed by atoms with Gasteiger partial charge in [0, 0.05) is 6.42 Å². The van der Waals surface area contributed by atoms with E-state index < -0.39 is 66.8 Å². The standard InChI is InChI=1S/C25H28N5O12P3/c26-23-20-24(28-14-27-23)30(15-29-20)25-22-21(39-19(40-22)11-16-7-3-1-4-8-16)18(38-25)12-37-44(33,34)42-45(35,36)41-43(31,32)13-17-9-5-2-6-10-17/h1-10,14-15,18-19,21-22,25H,11-13H2,(H,31,32)(H,33,34)(H,35,36)(H2,26,27,28)/t18-,19?,21+,22+,25-/m1/s1. The van der Waals surface area contributed by atoms with E-state index in [1.807, 2.05) is 30.3 Å². The van der Waals surface area contributed by atoms with Crippen LogP contribution in [0.2, 0.25) is 0 Å². The summed E-state index contributed by atoms with van der Waals surface area (Å²) < 4.78 is 71.2. The van der Waals surface area contributed by atoms with Gasteiger partial charge >= 0.3 is 23.2 Å². The van der Waals surface area contributed by atoms with Crippen molar-refractivity contribution in [2.75, 3.05) is 12.3 Å². The molecule has 5 N–H and O–H groups in total. The molecule has 2 saturated heterocycles. The van der Waals surface area contributed by atoms with Crippen LogP contribution in [0, 0.1) is 0 Å². The molecule has 0 aliphatic carbocycles. The van der Waals surface area contributed by atoms with Crippen molar-refractivity contribution in [1.29, 1.82) is 0 Å². The van der Waals surface area contributed by atoms with Gasteiger partial charge in [-0.2, -0.15) is 4.31 Å². The number of aromatic nitrogens is 4. The minimum Gasteiger partial charge on any atom is -0.382 e. The van der Waals surface area contributed by atoms with E-state index in [0.717, 1.165) is 5.56 Å². The molecule has 0 radical (unpaired) electrons. The van der Waals surface area contributed by atoms with Crippen LogP contribution >= 0.6 is 23.2 Å². The quantitative estimate of drug-likeness (QED) is 0.157. The minimum absolute atomic E-state index is 0.143. The zero-order chi connectivity index (χ0) is 31.8. The molecule has 17 nitrogen and oxygen atoms in total. The number of anilines is 1. The SMILES string of the molecule is Nc1ncnc2c1ncn2[C@@H]1O[C@H](COP(=O)(O)OP(=O)(O)OP(=O)(O)Cc2ccccc2)[C@@H]2OC(Cc3ccccc3)O[C@@H]21. The van der Waals surface area contributed by atoms with E-state index >= 15 is 0 Å². The minimum atomic E-state index is -5.57. The zero-order valence-corrected chi connectivity index (χ0v) is 25.8. The molecule has 20 heteroatoms. The number of hydrogen-bond acceptors (Lipinski definition) is 13. The predicted molar refractivity (Wildman–Crippen MR) is 155 cm³/mol. The fraction of sp³-hybridized carbons (Fsp3) is 0.320. The lowest BCUT2D eigenvalue weighted by atomic mass is 10.1. The first kappa shape index (κ1) is 32.1. The Bertz CT molecular complexity index is 1800. The van der Waals surface area contributed by atoms with Gasteiger partial charge in [0.15, 0.2) is 24.0 Å². The van der Waals surface area contributed by atoms with Crippen LogP contribution in [0.5, 0.6) is 0 Å². The van der Waals surface area contributed by atoms with Crippen LogP contribution in [0.1, 0.15) is 17.4 Å². The number of imidazole rings is 1. The third-order valence-corrected chi connectivity index (χ3v) is 11.6. The number of phosphoric acid groups is 2. The average molecular weight is 683 g/mol. The van der Waals surface area contributed by atoms with Crippen molar-refractivity contribution in [2.24, 2.45) is 0 Å². The van der Waals surface area contributed by atoms with E-state index in [-0.39, 0.29) is 5.82 Å². The molecule has 2 aliphatic rings. The first-order chi connectivity index (χ1) is 21.4. The summed E-state index contributed by atoms with van der Waals surface area (Å²) in [7, 11) is -15.7. The smallest absolute Gasteiger partial charge is 0.382 e. The van der Waals surface area contributed by atoms with E-state index in [1.165, 1.54) is 24.8 Å². The predicted octanol–water partition coefficient (Wildman–Crippen LogP) is 3.29. The van der Waals surface area contributed by atoms with Gasteiger partial charge in [-0.3, -0.25) is 13.7 Å². The molecule has 4 unspecified atom stereocenters. The molecule has 8 atom stereocenters. The molecule has 45 heavy (non-hydrogen) atoms. The van der Waals surface area contributed by atoms with E-state index in [4.69, 9.17) is 24.5 Å². The zero-order valence-electron chi connectivity index (χ0n) is 23.2. The van der Waals surface area contributed by atoms with Gasteiger partial charge in [-0.15, -0.1) is 0 Å². The largest absolute Gasteiger partial charge is 0.488 e. The number of nitrogens with two attached hydrogens (primary N) is 1. The number of phosphoric ester groups is 1. The second-order valence-electron chi connectivity index (χ2n) is 10.1. The Labute approximate surface area is 255 Å². The van der Waals surface area contributed by atoms with Gasteiger partial charge < -0.3 is 34.6 Å². The molecule has 0 amide bonds. The lowest BCUT2D eigenvalue weighted by Crippen LogP contribution is -2.31. The molecule has 0 saturated carbocycles. The first-order valence-electron chi connectivity index (χ1n) is 13.4. The van der Waals surface area contributed by atoms with Crippen LogP contribution in [0.3, 0.4) is 0 Å². The molecular formula is C25H28N5O12P3. The fourth-order valence-electron chi connectivity index (χ4n) is 5.06. The van der Waals surface area contributed by atoms with Crippen molar-refractivity contribution in [2.45, 2.75) is 43.4 Å². The number of ether oxygens (including phenoxy) is 3. The summed E-state index contributed by atoms with van der Waals surface area (Å²) in [4.78, 5) is 42.8. The maximum atomic E-state index is 12.7. The molecule has 2 aromatic heterocycles. The highest BCUT2D eigenvalue weighted by Crippen LogP contribution is 2.68. The fourth-order valence-corrected chi connectivity index (χ4v) is 9.21. The van der Waals surface area contributed by atoms with Crippen molar-refractivity contribution < 1.29 is 55.7 Å². The second kappa shape index (κ2) is 12.7. The van der Waals surface area contributed by atoms with Crippen LogP contribution in [-0.4, -0.2) is 65.4 Å². The molecule has 2 aliphatic heterocycles. The Morgan fingerprint density at radius 3 is 2.20 bits per heavy atom. The highest BCUT2D eigenvalue weighted by atomic mass is 31.3. The average Bonchev–Trinajstić information content (AvgIpc) is 3.66. The summed E-state index contributed by atoms with van der Waals surface area (Å²) in [6, 6.07) is 17.2. The van der Waals surface area contributed by atoms with Crippen molar-refractivity contribution in [3.63, 3.8) is 0 Å². The van der Waals surface area contributed by atoms with Gasteiger partial charge in [-0.05, 0) is 11.1 Å². The summed E-state index contributed by atoms with van der Waals surface area (Å²) >= 11 is 0. The van der Waals surface area contributed by atoms with E-state index in [9.17, 15) is 28.4 Å². The summed E-state index contributed by atoms with van der Waals surface area (Å²) in [6.45, 7) is -0.683. The molecule has 4 heterocycles. The van der Waals surface area contributed by atoms with Gasteiger partial charge in [-0.1, -0.05) is 60.7 Å². The van der Waals surface area contributed by atoms with Gasteiger partial charge in [-0.25, -0.2) is 28.4 Å². The molecule has 240 valence electrons. The van der Waals surface area contributed by atoms with Crippen LogP contribution in [0.15, 0.2) is 73.3 Å². The lowest BCUT2D eigenvalue weighted by molar-refractivity contribution is -0.149.